The van der Waals surface area contributed by atoms with Crippen LogP contribution in [0.15, 0.2) is 109 Å². The lowest BCUT2D eigenvalue weighted by Gasteiger charge is -2.12. The number of fused-ring (bicyclic) bond motifs is 1. The molecule has 3 heterocycles. The van der Waals surface area contributed by atoms with Crippen LogP contribution >= 0.6 is 22.7 Å². The number of nitro groups is 1. The third kappa shape index (κ3) is 5.20. The fraction of sp³-hybridized carbons (Fsp3) is 0.0323. The molecule has 0 spiro atoms. The Morgan fingerprint density at radius 1 is 0.875 bits per heavy atom. The molecule has 2 N–H and O–H groups in total. The number of hydrogen-bond donors (Lipinski definition) is 2. The summed E-state index contributed by atoms with van der Waals surface area (Å²) in [5.41, 5.74) is 4.94. The van der Waals surface area contributed by atoms with Crippen molar-refractivity contribution in [2.75, 3.05) is 10.6 Å². The van der Waals surface area contributed by atoms with Crippen molar-refractivity contribution in [3.05, 3.63) is 128 Å². The van der Waals surface area contributed by atoms with Crippen molar-refractivity contribution in [3.63, 3.8) is 0 Å². The average Bonchev–Trinajstić information content (AvgIpc) is 3.65. The van der Waals surface area contributed by atoms with Crippen LogP contribution in [0.25, 0.3) is 32.6 Å². The zero-order valence-electron chi connectivity index (χ0n) is 21.0. The summed E-state index contributed by atoms with van der Waals surface area (Å²) in [5.74, 6) is -0.314. The van der Waals surface area contributed by atoms with Gasteiger partial charge in [-0.05, 0) is 40.8 Å². The predicted molar refractivity (Wildman–Crippen MR) is 163 cm³/mol. The van der Waals surface area contributed by atoms with E-state index in [-0.39, 0.29) is 11.6 Å². The Labute approximate surface area is 237 Å². The number of thiophene rings is 2. The number of pyridine rings is 1. The van der Waals surface area contributed by atoms with E-state index in [2.05, 4.69) is 28.8 Å². The van der Waals surface area contributed by atoms with E-state index in [0.29, 0.717) is 22.8 Å². The highest BCUT2D eigenvalue weighted by Crippen LogP contribution is 2.43. The second-order valence-electron chi connectivity index (χ2n) is 8.96. The highest BCUT2D eigenvalue weighted by atomic mass is 32.1. The summed E-state index contributed by atoms with van der Waals surface area (Å²) < 4.78 is 0. The Morgan fingerprint density at radius 2 is 1.57 bits per heavy atom. The zero-order valence-corrected chi connectivity index (χ0v) is 22.7. The quantitative estimate of drug-likeness (QED) is 0.143. The van der Waals surface area contributed by atoms with Gasteiger partial charge in [0.05, 0.1) is 16.3 Å². The number of nitro benzene ring substituents is 1. The third-order valence-corrected chi connectivity index (χ3v) is 8.34. The molecule has 6 aromatic rings. The molecule has 7 nitrogen and oxygen atoms in total. The number of rotatable bonds is 8. The van der Waals surface area contributed by atoms with Gasteiger partial charge in [0.2, 0.25) is 0 Å². The number of nitrogens with zero attached hydrogens (tertiary/aromatic N) is 2. The maximum atomic E-state index is 13.7. The minimum atomic E-state index is -0.467. The van der Waals surface area contributed by atoms with Gasteiger partial charge in [-0.15, -0.1) is 22.7 Å². The van der Waals surface area contributed by atoms with Gasteiger partial charge in [-0.1, -0.05) is 66.7 Å². The van der Waals surface area contributed by atoms with Gasteiger partial charge in [-0.25, -0.2) is 4.98 Å². The van der Waals surface area contributed by atoms with Gasteiger partial charge in [0.25, 0.3) is 11.6 Å². The number of nitrogens with one attached hydrogen (secondary N) is 2. The fourth-order valence-electron chi connectivity index (χ4n) is 4.47. The number of carbonyl (C=O) groups is 1. The van der Waals surface area contributed by atoms with Crippen molar-refractivity contribution in [2.24, 2.45) is 0 Å². The van der Waals surface area contributed by atoms with Gasteiger partial charge in [-0.2, -0.15) is 0 Å². The van der Waals surface area contributed by atoms with Crippen molar-refractivity contribution in [1.29, 1.82) is 0 Å². The number of carbonyl (C=O) groups excluding carboxylic acids is 1. The normalized spacial score (nSPS) is 10.9. The highest BCUT2D eigenvalue weighted by molar-refractivity contribution is 7.21. The first-order valence-electron chi connectivity index (χ1n) is 12.5. The van der Waals surface area contributed by atoms with Crippen LogP contribution in [0.4, 0.5) is 17.1 Å². The summed E-state index contributed by atoms with van der Waals surface area (Å²) in [6.07, 6.45) is 0. The Balaban J connectivity index is 1.50. The van der Waals surface area contributed by atoms with Crippen molar-refractivity contribution >= 4 is 55.9 Å². The average molecular weight is 563 g/mol. The molecular weight excluding hydrogens is 541 g/mol. The molecule has 9 heteroatoms. The summed E-state index contributed by atoms with van der Waals surface area (Å²) >= 11 is 2.96. The number of anilines is 2. The van der Waals surface area contributed by atoms with Gasteiger partial charge in [0.1, 0.15) is 9.71 Å². The molecule has 0 unspecified atom stereocenters. The number of benzene rings is 3. The van der Waals surface area contributed by atoms with Crippen LogP contribution in [-0.4, -0.2) is 15.8 Å². The summed E-state index contributed by atoms with van der Waals surface area (Å²) in [7, 11) is 0. The van der Waals surface area contributed by atoms with E-state index in [0.717, 1.165) is 37.5 Å². The largest absolute Gasteiger partial charge is 0.378 e. The molecule has 0 aliphatic rings. The molecule has 3 aromatic heterocycles. The van der Waals surface area contributed by atoms with Crippen molar-refractivity contribution in [3.8, 4) is 22.4 Å². The number of aromatic nitrogens is 1. The summed E-state index contributed by atoms with van der Waals surface area (Å²) in [6.45, 7) is 0.552. The molecule has 40 heavy (non-hydrogen) atoms. The highest BCUT2D eigenvalue weighted by Gasteiger charge is 2.24. The first kappa shape index (κ1) is 25.4. The fourth-order valence-corrected chi connectivity index (χ4v) is 6.19. The third-order valence-electron chi connectivity index (χ3n) is 6.38. The van der Waals surface area contributed by atoms with Crippen LogP contribution in [0.1, 0.15) is 14.5 Å². The molecule has 0 bridgehead atoms. The first-order valence-corrected chi connectivity index (χ1v) is 14.2. The van der Waals surface area contributed by atoms with Crippen LogP contribution in [0.2, 0.25) is 0 Å². The van der Waals surface area contributed by atoms with Crippen LogP contribution in [0, 0.1) is 10.1 Å². The van der Waals surface area contributed by atoms with Crippen LogP contribution in [0.3, 0.4) is 0 Å². The van der Waals surface area contributed by atoms with E-state index in [1.54, 1.807) is 11.3 Å². The summed E-state index contributed by atoms with van der Waals surface area (Å²) in [6, 6.07) is 32.0. The molecule has 6 rings (SSSR count). The zero-order chi connectivity index (χ0) is 27.5. The lowest BCUT2D eigenvalue weighted by Crippen LogP contribution is -2.12. The topological polar surface area (TPSA) is 97.2 Å². The molecule has 196 valence electrons. The van der Waals surface area contributed by atoms with E-state index in [9.17, 15) is 14.9 Å². The lowest BCUT2D eigenvalue weighted by molar-refractivity contribution is -0.384. The molecule has 0 saturated carbocycles. The Morgan fingerprint density at radius 3 is 2.23 bits per heavy atom. The monoisotopic (exact) mass is 562 g/mol. The van der Waals surface area contributed by atoms with Gasteiger partial charge in [-0.3, -0.25) is 14.9 Å². The first-order chi connectivity index (χ1) is 19.6. The van der Waals surface area contributed by atoms with Crippen molar-refractivity contribution in [1.82, 2.24) is 4.98 Å². The van der Waals surface area contributed by atoms with Crippen LogP contribution < -0.4 is 10.6 Å². The van der Waals surface area contributed by atoms with E-state index >= 15 is 0 Å². The lowest BCUT2D eigenvalue weighted by atomic mass is 9.99. The van der Waals surface area contributed by atoms with Gasteiger partial charge in [0, 0.05) is 40.2 Å². The number of non-ortho nitro benzene ring substituents is 1. The maximum absolute atomic E-state index is 13.7. The molecule has 3 aromatic carbocycles. The molecule has 0 atom stereocenters. The molecule has 0 aliphatic carbocycles. The van der Waals surface area contributed by atoms with Crippen LogP contribution in [-0.2, 0) is 6.54 Å². The van der Waals surface area contributed by atoms with E-state index < -0.39 is 4.92 Å². The second kappa shape index (κ2) is 11.1. The van der Waals surface area contributed by atoms with Gasteiger partial charge in [0.15, 0.2) is 0 Å². The molecular formula is C31H22N4O3S2. The summed E-state index contributed by atoms with van der Waals surface area (Å²) in [5, 5.41) is 20.4. The smallest absolute Gasteiger partial charge is 0.269 e. The standard InChI is InChI=1S/C31H22N4O3S2/c36-30(33-22-13-15-23(16-14-22)35(37)38)29-28(32-19-24-12-7-17-39-24)27-25(20-8-3-1-4-9-20)18-26(34-31(27)40-29)21-10-5-2-6-11-21/h1-18,32H,19H2,(H,33,36). The molecule has 0 saturated heterocycles. The van der Waals surface area contributed by atoms with Crippen LogP contribution in [0.5, 0.6) is 0 Å². The summed E-state index contributed by atoms with van der Waals surface area (Å²) in [4.78, 5) is 31.6. The Bertz CT molecular complexity index is 1800. The molecule has 1 amide bonds. The molecule has 0 aliphatic heterocycles. The van der Waals surface area contributed by atoms with E-state index in [1.807, 2.05) is 66.0 Å². The van der Waals surface area contributed by atoms with Crippen molar-refractivity contribution in [2.45, 2.75) is 6.54 Å². The minimum absolute atomic E-state index is 0.0386. The van der Waals surface area contributed by atoms with Crippen molar-refractivity contribution < 1.29 is 9.72 Å². The number of hydrogen-bond acceptors (Lipinski definition) is 7. The van der Waals surface area contributed by atoms with E-state index in [1.165, 1.54) is 35.6 Å². The second-order valence-corrected chi connectivity index (χ2v) is 11.0. The Hall–Kier alpha value is -4.86. The van der Waals surface area contributed by atoms with Gasteiger partial charge < -0.3 is 10.6 Å². The minimum Gasteiger partial charge on any atom is -0.378 e. The molecule has 0 fully saturated rings. The molecule has 0 radical (unpaired) electrons. The Kier molecular flexibility index (Phi) is 7.05. The predicted octanol–water partition coefficient (Wildman–Crippen LogP) is 8.46. The SMILES string of the molecule is O=C(Nc1ccc([N+](=O)[O-])cc1)c1sc2nc(-c3ccccc3)cc(-c3ccccc3)c2c1NCc1cccs1. The maximum Gasteiger partial charge on any atom is 0.269 e. The van der Waals surface area contributed by atoms with E-state index in [4.69, 9.17) is 4.98 Å². The number of amides is 1. The van der Waals surface area contributed by atoms with Gasteiger partial charge >= 0.3 is 0 Å².